The fourth-order valence-electron chi connectivity index (χ4n) is 2.47. The molecule has 0 aliphatic heterocycles. The third-order valence-corrected chi connectivity index (χ3v) is 3.34. The minimum absolute atomic E-state index is 0.0861. The average Bonchev–Trinajstić information content (AvgIpc) is 2.33. The minimum atomic E-state index is -0.0861. The number of aryl methyl sites for hydroxylation is 1. The topological polar surface area (TPSA) is 59.2 Å². The Morgan fingerprint density at radius 3 is 2.57 bits per heavy atom. The highest BCUT2D eigenvalue weighted by Crippen LogP contribution is 2.21. The summed E-state index contributed by atoms with van der Waals surface area (Å²) in [6, 6.07) is 5.80. The van der Waals surface area contributed by atoms with Gasteiger partial charge in [0.15, 0.2) is 0 Å². The lowest BCUT2D eigenvalue weighted by atomic mass is 9.87. The molecule has 0 saturated heterocycles. The molecular formula is C17H29N3O. The highest BCUT2D eigenvalue weighted by atomic mass is 16.2. The van der Waals surface area contributed by atoms with Crippen molar-refractivity contribution < 1.29 is 4.79 Å². The maximum atomic E-state index is 12.4. The van der Waals surface area contributed by atoms with E-state index in [1.54, 1.807) is 0 Å². The van der Waals surface area contributed by atoms with E-state index in [1.165, 1.54) is 0 Å². The van der Waals surface area contributed by atoms with E-state index in [9.17, 15) is 4.79 Å². The molecular weight excluding hydrogens is 262 g/mol. The molecule has 0 aliphatic rings. The number of rotatable bonds is 6. The number of carbonyl (C=O) groups excluding carboxylic acids is 1. The largest absolute Gasteiger partial charge is 0.337 e. The van der Waals surface area contributed by atoms with E-state index in [1.807, 2.05) is 36.9 Å². The van der Waals surface area contributed by atoms with Crippen LogP contribution in [-0.2, 0) is 11.3 Å². The molecule has 118 valence electrons. The van der Waals surface area contributed by atoms with Gasteiger partial charge in [0.05, 0.1) is 12.2 Å². The number of hydrogen-bond acceptors (Lipinski definition) is 3. The Labute approximate surface area is 128 Å². The maximum absolute atomic E-state index is 12.4. The van der Waals surface area contributed by atoms with Crippen molar-refractivity contribution in [1.29, 1.82) is 0 Å². The van der Waals surface area contributed by atoms with Crippen LogP contribution in [0, 0.1) is 12.3 Å². The smallest absolute Gasteiger partial charge is 0.224 e. The zero-order valence-electron chi connectivity index (χ0n) is 14.0. The van der Waals surface area contributed by atoms with Gasteiger partial charge in [0, 0.05) is 24.7 Å². The van der Waals surface area contributed by atoms with Crippen LogP contribution in [0.1, 0.15) is 51.9 Å². The predicted molar refractivity (Wildman–Crippen MR) is 86.7 cm³/mol. The van der Waals surface area contributed by atoms with Gasteiger partial charge in [0.1, 0.15) is 0 Å². The van der Waals surface area contributed by atoms with Crippen molar-refractivity contribution >= 4 is 5.91 Å². The summed E-state index contributed by atoms with van der Waals surface area (Å²) >= 11 is 0. The van der Waals surface area contributed by atoms with Crippen LogP contribution >= 0.6 is 0 Å². The Bertz CT molecular complexity index is 465. The quantitative estimate of drug-likeness (QED) is 0.876. The molecule has 4 nitrogen and oxygen atoms in total. The van der Waals surface area contributed by atoms with Crippen LogP contribution in [0.3, 0.4) is 0 Å². The Hall–Kier alpha value is -1.42. The molecule has 0 bridgehead atoms. The highest BCUT2D eigenvalue weighted by Gasteiger charge is 2.21. The summed E-state index contributed by atoms with van der Waals surface area (Å²) in [4.78, 5) is 18.7. The monoisotopic (exact) mass is 291 g/mol. The molecule has 1 aromatic rings. The van der Waals surface area contributed by atoms with E-state index >= 15 is 0 Å². The van der Waals surface area contributed by atoms with E-state index in [0.29, 0.717) is 19.5 Å². The van der Waals surface area contributed by atoms with Gasteiger partial charge in [0.25, 0.3) is 0 Å². The molecule has 1 atom stereocenters. The Morgan fingerprint density at radius 1 is 1.38 bits per heavy atom. The van der Waals surface area contributed by atoms with E-state index < -0.39 is 0 Å². The van der Waals surface area contributed by atoms with Gasteiger partial charge in [-0.3, -0.25) is 9.78 Å². The molecule has 0 aromatic carbocycles. The average molecular weight is 291 g/mol. The summed E-state index contributed by atoms with van der Waals surface area (Å²) in [5.41, 5.74) is 8.15. The second-order valence-corrected chi connectivity index (χ2v) is 6.91. The molecule has 0 saturated carbocycles. The van der Waals surface area contributed by atoms with E-state index in [0.717, 1.165) is 17.8 Å². The van der Waals surface area contributed by atoms with Crippen LogP contribution < -0.4 is 5.73 Å². The van der Waals surface area contributed by atoms with Crippen molar-refractivity contribution in [2.45, 2.75) is 60.0 Å². The number of pyridine rings is 1. The lowest BCUT2D eigenvalue weighted by Crippen LogP contribution is -2.37. The third-order valence-electron chi connectivity index (χ3n) is 3.34. The zero-order valence-corrected chi connectivity index (χ0v) is 14.0. The molecule has 0 spiro atoms. The van der Waals surface area contributed by atoms with Crippen LogP contribution in [0.4, 0.5) is 0 Å². The number of nitrogens with zero attached hydrogens (tertiary/aromatic N) is 2. The number of hydrogen-bond donors (Lipinski definition) is 1. The summed E-state index contributed by atoms with van der Waals surface area (Å²) in [5, 5.41) is 0. The van der Waals surface area contributed by atoms with Crippen molar-refractivity contribution in [3.63, 3.8) is 0 Å². The van der Waals surface area contributed by atoms with Crippen LogP contribution in [0.2, 0.25) is 0 Å². The molecule has 1 rings (SSSR count). The predicted octanol–water partition coefficient (Wildman–Crippen LogP) is 2.89. The summed E-state index contributed by atoms with van der Waals surface area (Å²) in [5.74, 6) is 0.109. The number of aromatic nitrogens is 1. The second kappa shape index (κ2) is 7.55. The third kappa shape index (κ3) is 6.71. The van der Waals surface area contributed by atoms with Gasteiger partial charge in [-0.15, -0.1) is 0 Å². The highest BCUT2D eigenvalue weighted by molar-refractivity contribution is 5.76. The molecule has 4 heteroatoms. The number of amides is 1. The molecule has 0 fully saturated rings. The zero-order chi connectivity index (χ0) is 16.0. The molecule has 2 N–H and O–H groups in total. The molecule has 1 aromatic heterocycles. The number of carbonyl (C=O) groups is 1. The van der Waals surface area contributed by atoms with Crippen LogP contribution in [-0.4, -0.2) is 28.4 Å². The van der Waals surface area contributed by atoms with Gasteiger partial charge in [-0.25, -0.2) is 0 Å². The summed E-state index contributed by atoms with van der Waals surface area (Å²) < 4.78 is 0. The lowest BCUT2D eigenvalue weighted by Gasteiger charge is -2.26. The van der Waals surface area contributed by atoms with Gasteiger partial charge >= 0.3 is 0 Å². The van der Waals surface area contributed by atoms with Crippen molar-refractivity contribution in [3.8, 4) is 0 Å². The Balaban J connectivity index is 2.61. The standard InChI is InChI=1S/C17H29N3O/c1-6-20(12-15-9-7-8-13(2)19-15)16(21)10-14(18)11-17(3,4)5/h7-9,14H,6,10-12,18H2,1-5H3. The SMILES string of the molecule is CCN(Cc1cccc(C)n1)C(=O)CC(N)CC(C)(C)C. The lowest BCUT2D eigenvalue weighted by molar-refractivity contribution is -0.132. The first-order chi connectivity index (χ1) is 9.71. The van der Waals surface area contributed by atoms with Crippen molar-refractivity contribution in [1.82, 2.24) is 9.88 Å². The Morgan fingerprint density at radius 2 is 2.05 bits per heavy atom. The van der Waals surface area contributed by atoms with Crippen LogP contribution in [0.25, 0.3) is 0 Å². The van der Waals surface area contributed by atoms with Crippen molar-refractivity contribution in [2.75, 3.05) is 6.54 Å². The molecule has 1 amide bonds. The molecule has 1 heterocycles. The first-order valence-electron chi connectivity index (χ1n) is 7.67. The Kier molecular flexibility index (Phi) is 6.34. The molecule has 0 aliphatic carbocycles. The van der Waals surface area contributed by atoms with E-state index in [2.05, 4.69) is 25.8 Å². The van der Waals surface area contributed by atoms with Crippen LogP contribution in [0.5, 0.6) is 0 Å². The minimum Gasteiger partial charge on any atom is -0.337 e. The van der Waals surface area contributed by atoms with E-state index in [-0.39, 0.29) is 17.4 Å². The molecule has 0 radical (unpaired) electrons. The fraction of sp³-hybridized carbons (Fsp3) is 0.647. The van der Waals surface area contributed by atoms with Gasteiger partial charge < -0.3 is 10.6 Å². The van der Waals surface area contributed by atoms with Crippen molar-refractivity contribution in [3.05, 3.63) is 29.6 Å². The van der Waals surface area contributed by atoms with Gasteiger partial charge in [0.2, 0.25) is 5.91 Å². The van der Waals surface area contributed by atoms with Gasteiger partial charge in [-0.2, -0.15) is 0 Å². The maximum Gasteiger partial charge on any atom is 0.224 e. The summed E-state index contributed by atoms with van der Waals surface area (Å²) in [6.45, 7) is 11.6. The molecule has 1 unspecified atom stereocenters. The number of nitrogens with two attached hydrogens (primary N) is 1. The van der Waals surface area contributed by atoms with Gasteiger partial charge in [-0.05, 0) is 37.8 Å². The first-order valence-corrected chi connectivity index (χ1v) is 7.67. The van der Waals surface area contributed by atoms with Gasteiger partial charge in [-0.1, -0.05) is 26.8 Å². The summed E-state index contributed by atoms with van der Waals surface area (Å²) in [6.07, 6.45) is 1.25. The first kappa shape index (κ1) is 17.6. The van der Waals surface area contributed by atoms with E-state index in [4.69, 9.17) is 5.73 Å². The normalized spacial score (nSPS) is 13.0. The summed E-state index contributed by atoms with van der Waals surface area (Å²) in [7, 11) is 0. The molecule has 21 heavy (non-hydrogen) atoms. The second-order valence-electron chi connectivity index (χ2n) is 6.91. The van der Waals surface area contributed by atoms with Crippen LogP contribution in [0.15, 0.2) is 18.2 Å². The van der Waals surface area contributed by atoms with Crippen molar-refractivity contribution in [2.24, 2.45) is 11.1 Å². The fourth-order valence-corrected chi connectivity index (χ4v) is 2.47.